The molecule has 0 spiro atoms. The molecule has 0 aliphatic carbocycles. The zero-order valence-electron chi connectivity index (χ0n) is 9.16. The normalized spacial score (nSPS) is 10.2. The number of H-pyrrole nitrogens is 1. The highest BCUT2D eigenvalue weighted by Crippen LogP contribution is 2.29. The third kappa shape index (κ3) is 2.12. The van der Waals surface area contributed by atoms with Crippen molar-refractivity contribution < 1.29 is 9.53 Å². The second-order valence-electron chi connectivity index (χ2n) is 3.49. The maximum atomic E-state index is 11.4. The molecule has 1 aromatic heterocycles. The molecule has 88 valence electrons. The van der Waals surface area contributed by atoms with Gasteiger partial charge in [-0.3, -0.25) is 0 Å². The van der Waals surface area contributed by atoms with Crippen molar-refractivity contribution in [1.29, 1.82) is 0 Å². The van der Waals surface area contributed by atoms with Crippen LogP contribution in [0.3, 0.4) is 0 Å². The van der Waals surface area contributed by atoms with E-state index in [1.54, 1.807) is 18.3 Å². The maximum absolute atomic E-state index is 11.4. The molecule has 2 rings (SSSR count). The van der Waals surface area contributed by atoms with E-state index in [0.29, 0.717) is 10.7 Å². The zero-order valence-corrected chi connectivity index (χ0v) is 9.91. The SMILES string of the molecule is COC(=O)c1[nH]cc(-c2ccc(Cl)cc2)c1N. The van der Waals surface area contributed by atoms with Crippen molar-refractivity contribution >= 4 is 23.3 Å². The molecule has 2 aromatic rings. The number of anilines is 1. The summed E-state index contributed by atoms with van der Waals surface area (Å²) in [6.07, 6.45) is 1.67. The Morgan fingerprint density at radius 3 is 2.59 bits per heavy atom. The highest BCUT2D eigenvalue weighted by atomic mass is 35.5. The standard InChI is InChI=1S/C12H11ClN2O2/c1-17-12(16)11-10(14)9(6-15-11)7-2-4-8(13)5-3-7/h2-6,15H,14H2,1H3. The van der Waals surface area contributed by atoms with E-state index in [0.717, 1.165) is 11.1 Å². The van der Waals surface area contributed by atoms with Gasteiger partial charge in [0.15, 0.2) is 0 Å². The number of ether oxygens (including phenoxy) is 1. The second-order valence-corrected chi connectivity index (χ2v) is 3.93. The third-order valence-corrected chi connectivity index (χ3v) is 2.72. The van der Waals surface area contributed by atoms with Crippen LogP contribution in [0.2, 0.25) is 5.02 Å². The Morgan fingerprint density at radius 2 is 2.00 bits per heavy atom. The highest BCUT2D eigenvalue weighted by Gasteiger charge is 2.16. The minimum atomic E-state index is -0.484. The number of nitrogen functional groups attached to an aromatic ring is 1. The van der Waals surface area contributed by atoms with Crippen molar-refractivity contribution in [1.82, 2.24) is 4.98 Å². The van der Waals surface area contributed by atoms with Crippen LogP contribution >= 0.6 is 11.6 Å². The van der Waals surface area contributed by atoms with Gasteiger partial charge >= 0.3 is 5.97 Å². The van der Waals surface area contributed by atoms with Crippen LogP contribution in [0.4, 0.5) is 5.69 Å². The van der Waals surface area contributed by atoms with Crippen LogP contribution in [-0.4, -0.2) is 18.1 Å². The number of benzene rings is 1. The first-order chi connectivity index (χ1) is 8.13. The first kappa shape index (κ1) is 11.5. The Kier molecular flexibility index (Phi) is 3.06. The molecule has 5 heteroatoms. The molecule has 1 aromatic carbocycles. The lowest BCUT2D eigenvalue weighted by atomic mass is 10.1. The third-order valence-electron chi connectivity index (χ3n) is 2.47. The van der Waals surface area contributed by atoms with Crippen LogP contribution in [0.1, 0.15) is 10.5 Å². The average molecular weight is 251 g/mol. The molecule has 0 amide bonds. The first-order valence-corrected chi connectivity index (χ1v) is 5.32. The predicted octanol–water partition coefficient (Wildman–Crippen LogP) is 2.70. The fourth-order valence-corrected chi connectivity index (χ4v) is 1.70. The molecule has 1 heterocycles. The molecule has 0 radical (unpaired) electrons. The van der Waals surface area contributed by atoms with Crippen LogP contribution in [0.25, 0.3) is 11.1 Å². The highest BCUT2D eigenvalue weighted by molar-refractivity contribution is 6.30. The summed E-state index contributed by atoms with van der Waals surface area (Å²) in [4.78, 5) is 14.2. The summed E-state index contributed by atoms with van der Waals surface area (Å²) in [5.41, 5.74) is 8.16. The number of esters is 1. The van der Waals surface area contributed by atoms with Crippen molar-refractivity contribution in [3.8, 4) is 11.1 Å². The van der Waals surface area contributed by atoms with Crippen molar-refractivity contribution in [3.63, 3.8) is 0 Å². The number of aromatic nitrogens is 1. The molecule has 0 unspecified atom stereocenters. The van der Waals surface area contributed by atoms with Gasteiger partial charge in [0.2, 0.25) is 0 Å². The van der Waals surface area contributed by atoms with Crippen LogP contribution in [0.5, 0.6) is 0 Å². The number of rotatable bonds is 2. The van der Waals surface area contributed by atoms with Gasteiger partial charge in [-0.2, -0.15) is 0 Å². The molecule has 3 N–H and O–H groups in total. The summed E-state index contributed by atoms with van der Waals surface area (Å²) in [6.45, 7) is 0. The van der Waals surface area contributed by atoms with Crippen LogP contribution in [-0.2, 0) is 4.74 Å². The minimum absolute atomic E-state index is 0.262. The summed E-state index contributed by atoms with van der Waals surface area (Å²) in [7, 11) is 1.31. The summed E-state index contributed by atoms with van der Waals surface area (Å²) in [6, 6.07) is 7.20. The lowest BCUT2D eigenvalue weighted by molar-refractivity contribution is 0.0596. The average Bonchev–Trinajstić information content (AvgIpc) is 2.71. The summed E-state index contributed by atoms with van der Waals surface area (Å²) in [5.74, 6) is -0.484. The van der Waals surface area contributed by atoms with Gasteiger partial charge in [0, 0.05) is 16.8 Å². The van der Waals surface area contributed by atoms with E-state index in [2.05, 4.69) is 9.72 Å². The molecule has 17 heavy (non-hydrogen) atoms. The van der Waals surface area contributed by atoms with Gasteiger partial charge in [-0.05, 0) is 17.7 Å². The van der Waals surface area contributed by atoms with E-state index in [-0.39, 0.29) is 5.69 Å². The van der Waals surface area contributed by atoms with Crippen LogP contribution < -0.4 is 5.73 Å². The Bertz CT molecular complexity index is 546. The van der Waals surface area contributed by atoms with E-state index in [1.165, 1.54) is 7.11 Å². The molecule has 0 aliphatic rings. The smallest absolute Gasteiger partial charge is 0.356 e. The Balaban J connectivity index is 2.44. The van der Waals surface area contributed by atoms with Gasteiger partial charge in [-0.25, -0.2) is 4.79 Å². The number of hydrogen-bond acceptors (Lipinski definition) is 3. The number of nitrogens with two attached hydrogens (primary N) is 1. The van der Waals surface area contributed by atoms with Crippen molar-refractivity contribution in [3.05, 3.63) is 41.2 Å². The van der Waals surface area contributed by atoms with E-state index < -0.39 is 5.97 Å². The number of aromatic amines is 1. The molecule has 0 fully saturated rings. The molecular formula is C12H11ClN2O2. The zero-order chi connectivity index (χ0) is 12.4. The number of methoxy groups -OCH3 is 1. The van der Waals surface area contributed by atoms with Gasteiger partial charge in [0.05, 0.1) is 12.8 Å². The van der Waals surface area contributed by atoms with Crippen molar-refractivity contribution in [2.75, 3.05) is 12.8 Å². The molecule has 4 nitrogen and oxygen atoms in total. The van der Waals surface area contributed by atoms with Gasteiger partial charge in [0.25, 0.3) is 0 Å². The minimum Gasteiger partial charge on any atom is -0.464 e. The largest absolute Gasteiger partial charge is 0.464 e. The van der Waals surface area contributed by atoms with Crippen LogP contribution in [0, 0.1) is 0 Å². The lowest BCUT2D eigenvalue weighted by Gasteiger charge is -2.01. The Hall–Kier alpha value is -1.94. The summed E-state index contributed by atoms with van der Waals surface area (Å²) >= 11 is 5.80. The Morgan fingerprint density at radius 1 is 1.35 bits per heavy atom. The van der Waals surface area contributed by atoms with Gasteiger partial charge in [-0.15, -0.1) is 0 Å². The topological polar surface area (TPSA) is 68.1 Å². The molecule has 0 bridgehead atoms. The number of carbonyl (C=O) groups excluding carboxylic acids is 1. The van der Waals surface area contributed by atoms with Gasteiger partial charge in [-0.1, -0.05) is 23.7 Å². The van der Waals surface area contributed by atoms with Crippen LogP contribution in [0.15, 0.2) is 30.5 Å². The number of halogens is 1. The van der Waals surface area contributed by atoms with E-state index in [9.17, 15) is 4.79 Å². The van der Waals surface area contributed by atoms with Crippen molar-refractivity contribution in [2.24, 2.45) is 0 Å². The molecule has 0 aliphatic heterocycles. The fraction of sp³-hybridized carbons (Fsp3) is 0.0833. The monoisotopic (exact) mass is 250 g/mol. The molecule has 0 atom stereocenters. The Labute approximate surface area is 103 Å². The van der Waals surface area contributed by atoms with E-state index >= 15 is 0 Å². The summed E-state index contributed by atoms with van der Waals surface area (Å²) < 4.78 is 4.61. The number of carbonyl (C=O) groups is 1. The lowest BCUT2D eigenvalue weighted by Crippen LogP contribution is -2.04. The van der Waals surface area contributed by atoms with Gasteiger partial charge < -0.3 is 15.5 Å². The first-order valence-electron chi connectivity index (χ1n) is 4.94. The predicted molar refractivity (Wildman–Crippen MR) is 67.0 cm³/mol. The van der Waals surface area contributed by atoms with Gasteiger partial charge in [0.1, 0.15) is 5.69 Å². The molecule has 0 saturated heterocycles. The number of hydrogen-bond donors (Lipinski definition) is 2. The quantitative estimate of drug-likeness (QED) is 0.806. The second kappa shape index (κ2) is 4.51. The van der Waals surface area contributed by atoms with E-state index in [4.69, 9.17) is 17.3 Å². The number of nitrogens with one attached hydrogen (secondary N) is 1. The van der Waals surface area contributed by atoms with E-state index in [1.807, 2.05) is 12.1 Å². The molecule has 0 saturated carbocycles. The maximum Gasteiger partial charge on any atom is 0.356 e. The fourth-order valence-electron chi connectivity index (χ4n) is 1.57. The summed E-state index contributed by atoms with van der Waals surface area (Å²) in [5, 5.41) is 0.649. The molecular weight excluding hydrogens is 240 g/mol. The van der Waals surface area contributed by atoms with Crippen molar-refractivity contribution in [2.45, 2.75) is 0 Å².